The number of fused-ring (bicyclic) bond motifs is 3. The SMILES string of the molecule is [B]c1ccc(C2(c3ccc(S)cc3)c3ccccc3-c3ccccc32)cc1. The van der Waals surface area contributed by atoms with Gasteiger partial charge in [0.15, 0.2) is 0 Å². The van der Waals surface area contributed by atoms with E-state index in [1.807, 2.05) is 12.1 Å². The largest absolute Gasteiger partial charge is 0.143 e. The lowest BCUT2D eigenvalue weighted by atomic mass is 9.67. The fourth-order valence-electron chi connectivity index (χ4n) is 4.47. The van der Waals surface area contributed by atoms with Crippen LogP contribution in [0, 0.1) is 0 Å². The summed E-state index contributed by atoms with van der Waals surface area (Å²) in [4.78, 5) is 0.964. The molecular weight excluding hydrogens is 343 g/mol. The number of rotatable bonds is 2. The number of hydrogen-bond donors (Lipinski definition) is 1. The van der Waals surface area contributed by atoms with Gasteiger partial charge in [0.05, 0.1) is 5.41 Å². The number of thiol groups is 1. The van der Waals surface area contributed by atoms with Crippen molar-refractivity contribution in [3.05, 3.63) is 119 Å². The van der Waals surface area contributed by atoms with Crippen LogP contribution in [0.15, 0.2) is 102 Å². The van der Waals surface area contributed by atoms with E-state index in [0.717, 1.165) is 10.4 Å². The molecule has 0 amide bonds. The molecule has 0 saturated heterocycles. The Kier molecular flexibility index (Phi) is 3.77. The van der Waals surface area contributed by atoms with Crippen molar-refractivity contribution < 1.29 is 0 Å². The summed E-state index contributed by atoms with van der Waals surface area (Å²) in [7, 11) is 6.01. The molecule has 1 aliphatic rings. The fraction of sp³-hybridized carbons (Fsp3) is 0.0400. The second-order valence-electron chi connectivity index (χ2n) is 7.01. The maximum atomic E-state index is 6.01. The minimum absolute atomic E-state index is 0.359. The van der Waals surface area contributed by atoms with Gasteiger partial charge in [-0.05, 0) is 45.5 Å². The zero-order valence-corrected chi connectivity index (χ0v) is 15.7. The Morgan fingerprint density at radius 1 is 0.556 bits per heavy atom. The maximum absolute atomic E-state index is 6.01. The summed E-state index contributed by atoms with van der Waals surface area (Å²) in [6.07, 6.45) is 0. The molecule has 0 unspecified atom stereocenters. The summed E-state index contributed by atoms with van der Waals surface area (Å²) >= 11 is 4.50. The van der Waals surface area contributed by atoms with Crippen LogP contribution in [0.1, 0.15) is 22.3 Å². The molecule has 0 aliphatic heterocycles. The molecule has 4 aromatic rings. The van der Waals surface area contributed by atoms with Crippen molar-refractivity contribution in [1.82, 2.24) is 0 Å². The molecule has 0 bridgehead atoms. The van der Waals surface area contributed by atoms with Crippen LogP contribution in [-0.2, 0) is 5.41 Å². The molecule has 0 fully saturated rings. The molecule has 0 atom stereocenters. The molecule has 5 rings (SSSR count). The van der Waals surface area contributed by atoms with Crippen molar-refractivity contribution >= 4 is 25.9 Å². The van der Waals surface area contributed by atoms with E-state index in [4.69, 9.17) is 7.85 Å². The van der Waals surface area contributed by atoms with E-state index < -0.39 is 0 Å². The smallest absolute Gasteiger partial charge is 0.113 e. The molecule has 2 heteroatoms. The minimum Gasteiger partial charge on any atom is -0.143 e. The summed E-state index contributed by atoms with van der Waals surface area (Å²) in [6.45, 7) is 0. The Labute approximate surface area is 166 Å². The highest BCUT2D eigenvalue weighted by Gasteiger charge is 2.45. The summed E-state index contributed by atoms with van der Waals surface area (Å²) in [6, 6.07) is 34.3. The highest BCUT2D eigenvalue weighted by atomic mass is 32.1. The predicted molar refractivity (Wildman–Crippen MR) is 116 cm³/mol. The van der Waals surface area contributed by atoms with Gasteiger partial charge in [0.2, 0.25) is 0 Å². The lowest BCUT2D eigenvalue weighted by Crippen LogP contribution is -2.29. The van der Waals surface area contributed by atoms with Gasteiger partial charge in [-0.25, -0.2) is 0 Å². The number of hydrogen-bond acceptors (Lipinski definition) is 1. The van der Waals surface area contributed by atoms with Crippen LogP contribution in [0.4, 0.5) is 0 Å². The zero-order valence-electron chi connectivity index (χ0n) is 14.8. The van der Waals surface area contributed by atoms with E-state index in [1.54, 1.807) is 0 Å². The molecule has 4 aromatic carbocycles. The first-order valence-corrected chi connectivity index (χ1v) is 9.51. The highest BCUT2D eigenvalue weighted by Crippen LogP contribution is 2.55. The normalized spacial score (nSPS) is 13.8. The van der Waals surface area contributed by atoms with Crippen LogP contribution in [0.5, 0.6) is 0 Å². The van der Waals surface area contributed by atoms with Crippen LogP contribution in [0.25, 0.3) is 11.1 Å². The Hall–Kier alpha value is -2.71. The summed E-state index contributed by atoms with van der Waals surface area (Å²) in [5.74, 6) is 0. The van der Waals surface area contributed by atoms with Gasteiger partial charge in [-0.15, -0.1) is 12.6 Å². The minimum atomic E-state index is -0.359. The third kappa shape index (κ3) is 2.33. The van der Waals surface area contributed by atoms with Crippen LogP contribution in [-0.4, -0.2) is 7.85 Å². The Morgan fingerprint density at radius 3 is 1.52 bits per heavy atom. The first-order valence-electron chi connectivity index (χ1n) is 9.06. The second kappa shape index (κ2) is 6.18. The van der Waals surface area contributed by atoms with E-state index in [2.05, 4.69) is 97.6 Å². The van der Waals surface area contributed by atoms with Gasteiger partial charge < -0.3 is 0 Å². The highest BCUT2D eigenvalue weighted by molar-refractivity contribution is 7.80. The number of benzene rings is 4. The summed E-state index contributed by atoms with van der Waals surface area (Å²) in [5, 5.41) is 0. The molecular formula is C25H17BS. The lowest BCUT2D eigenvalue weighted by Gasteiger charge is -2.34. The van der Waals surface area contributed by atoms with Crippen molar-refractivity contribution in [3.63, 3.8) is 0 Å². The average Bonchev–Trinajstić information content (AvgIpc) is 3.01. The van der Waals surface area contributed by atoms with E-state index in [1.165, 1.54) is 33.4 Å². The Bertz CT molecular complexity index is 1030. The zero-order chi connectivity index (χ0) is 18.4. The molecule has 1 aliphatic carbocycles. The molecule has 0 aromatic heterocycles. The van der Waals surface area contributed by atoms with Crippen LogP contribution in [0.3, 0.4) is 0 Å². The molecule has 2 radical (unpaired) electrons. The average molecular weight is 360 g/mol. The molecule has 0 heterocycles. The first kappa shape index (κ1) is 16.5. The van der Waals surface area contributed by atoms with Gasteiger partial charge in [-0.3, -0.25) is 0 Å². The van der Waals surface area contributed by atoms with Crippen molar-refractivity contribution in [3.8, 4) is 11.1 Å². The topological polar surface area (TPSA) is 0 Å². The van der Waals surface area contributed by atoms with E-state index in [-0.39, 0.29) is 5.41 Å². The molecule has 126 valence electrons. The maximum Gasteiger partial charge on any atom is 0.113 e. The molecule has 0 spiro atoms. The fourth-order valence-corrected chi connectivity index (χ4v) is 4.62. The van der Waals surface area contributed by atoms with Gasteiger partial charge >= 0.3 is 0 Å². The second-order valence-corrected chi connectivity index (χ2v) is 7.53. The van der Waals surface area contributed by atoms with E-state index >= 15 is 0 Å². The lowest BCUT2D eigenvalue weighted by molar-refractivity contribution is 0.767. The van der Waals surface area contributed by atoms with Gasteiger partial charge in [0.25, 0.3) is 0 Å². The van der Waals surface area contributed by atoms with Crippen LogP contribution in [0.2, 0.25) is 0 Å². The van der Waals surface area contributed by atoms with E-state index in [9.17, 15) is 0 Å². The molecule has 0 nitrogen and oxygen atoms in total. The first-order chi connectivity index (χ1) is 13.2. The van der Waals surface area contributed by atoms with E-state index in [0.29, 0.717) is 0 Å². The summed E-state index contributed by atoms with van der Waals surface area (Å²) < 4.78 is 0. The third-order valence-corrected chi connectivity index (χ3v) is 5.89. The van der Waals surface area contributed by atoms with Crippen molar-refractivity contribution in [2.45, 2.75) is 10.3 Å². The van der Waals surface area contributed by atoms with Crippen LogP contribution < -0.4 is 5.46 Å². The molecule has 0 N–H and O–H groups in total. The van der Waals surface area contributed by atoms with Crippen molar-refractivity contribution in [1.29, 1.82) is 0 Å². The quantitative estimate of drug-likeness (QED) is 0.327. The molecule has 0 saturated carbocycles. The third-order valence-electron chi connectivity index (χ3n) is 5.60. The Balaban J connectivity index is 1.94. The standard InChI is InChI=1S/C25H17BS/c26-19-13-9-17(10-14-19)25(18-11-15-20(27)16-12-18)23-7-3-1-5-21(23)22-6-2-4-8-24(22)25/h1-16,27H. The Morgan fingerprint density at radius 2 is 1.00 bits per heavy atom. The predicted octanol–water partition coefficient (Wildman–Crippen LogP) is 5.13. The molecule has 27 heavy (non-hydrogen) atoms. The van der Waals surface area contributed by atoms with Crippen molar-refractivity contribution in [2.75, 3.05) is 0 Å². The monoisotopic (exact) mass is 360 g/mol. The van der Waals surface area contributed by atoms with Gasteiger partial charge in [0, 0.05) is 4.90 Å². The van der Waals surface area contributed by atoms with Crippen LogP contribution >= 0.6 is 12.6 Å². The van der Waals surface area contributed by atoms with Gasteiger partial charge in [-0.1, -0.05) is 90.4 Å². The van der Waals surface area contributed by atoms with Gasteiger partial charge in [-0.2, -0.15) is 0 Å². The van der Waals surface area contributed by atoms with Gasteiger partial charge in [0.1, 0.15) is 7.85 Å². The summed E-state index contributed by atoms with van der Waals surface area (Å²) in [5.41, 5.74) is 8.08. The van der Waals surface area contributed by atoms with Crippen molar-refractivity contribution in [2.24, 2.45) is 0 Å².